The van der Waals surface area contributed by atoms with Crippen LogP contribution in [0.2, 0.25) is 0 Å². The minimum atomic E-state index is -0.105. The number of rotatable bonds is 5. The highest BCUT2D eigenvalue weighted by Gasteiger charge is 2.17. The Bertz CT molecular complexity index is 534. The smallest absolute Gasteiger partial charge is 0.258 e. The van der Waals surface area contributed by atoms with E-state index in [-0.39, 0.29) is 12.5 Å². The molecule has 1 aliphatic carbocycles. The van der Waals surface area contributed by atoms with Crippen LogP contribution in [-0.4, -0.2) is 29.5 Å². The summed E-state index contributed by atoms with van der Waals surface area (Å²) in [5, 5.41) is 15.1. The third-order valence-electron chi connectivity index (χ3n) is 3.75. The number of carbonyl (C=O) groups excluding carboxylic acids is 1. The Kier molecular flexibility index (Phi) is 5.20. The van der Waals surface area contributed by atoms with Crippen molar-refractivity contribution in [1.82, 2.24) is 5.32 Å². The van der Waals surface area contributed by atoms with E-state index < -0.39 is 0 Å². The highest BCUT2D eigenvalue weighted by molar-refractivity contribution is 6.01. The van der Waals surface area contributed by atoms with Crippen LogP contribution in [0.5, 0.6) is 5.75 Å². The fourth-order valence-electron chi connectivity index (χ4n) is 2.59. The zero-order valence-corrected chi connectivity index (χ0v) is 12.6. The Hall–Kier alpha value is -2.04. The molecular weight excluding hydrogens is 268 g/mol. The summed E-state index contributed by atoms with van der Waals surface area (Å²) in [6, 6.07) is 5.86. The normalized spacial score (nSPS) is 16.0. The van der Waals surface area contributed by atoms with E-state index in [1.165, 1.54) is 12.8 Å². The predicted octanol–water partition coefficient (Wildman–Crippen LogP) is 2.63. The van der Waals surface area contributed by atoms with E-state index >= 15 is 0 Å². The van der Waals surface area contributed by atoms with Gasteiger partial charge in [-0.25, -0.2) is 0 Å². The van der Waals surface area contributed by atoms with Crippen molar-refractivity contribution >= 4 is 11.6 Å². The van der Waals surface area contributed by atoms with Crippen molar-refractivity contribution in [2.24, 2.45) is 5.16 Å². The first-order valence-corrected chi connectivity index (χ1v) is 7.32. The van der Waals surface area contributed by atoms with Gasteiger partial charge in [0, 0.05) is 11.6 Å². The van der Waals surface area contributed by atoms with Gasteiger partial charge in [0.2, 0.25) is 0 Å². The van der Waals surface area contributed by atoms with Gasteiger partial charge in [-0.05, 0) is 38.8 Å². The lowest BCUT2D eigenvalue weighted by Crippen LogP contribution is -2.36. The number of oxime groups is 1. The Labute approximate surface area is 125 Å². The molecule has 0 aliphatic heterocycles. The Morgan fingerprint density at radius 2 is 2.14 bits per heavy atom. The first kappa shape index (κ1) is 15.4. The summed E-state index contributed by atoms with van der Waals surface area (Å²) in [7, 11) is 0. The molecule has 1 fully saturated rings. The van der Waals surface area contributed by atoms with Gasteiger partial charge in [-0.2, -0.15) is 0 Å². The Morgan fingerprint density at radius 1 is 1.43 bits per heavy atom. The number of hydrogen-bond donors (Lipinski definition) is 2. The second-order valence-corrected chi connectivity index (χ2v) is 5.52. The van der Waals surface area contributed by atoms with Gasteiger partial charge >= 0.3 is 0 Å². The van der Waals surface area contributed by atoms with Crippen molar-refractivity contribution in [1.29, 1.82) is 0 Å². The van der Waals surface area contributed by atoms with Crippen LogP contribution in [0.15, 0.2) is 23.4 Å². The number of benzene rings is 1. The van der Waals surface area contributed by atoms with Gasteiger partial charge in [-0.3, -0.25) is 4.79 Å². The standard InChI is InChI=1S/C16H22N2O3/c1-11-7-8-15(14(9-11)12(2)18-20)21-10-16(19)17-13-5-3-4-6-13/h7-9,13,20H,3-6,10H2,1-2H3,(H,17,19)/b18-12+. The van der Waals surface area contributed by atoms with Crippen LogP contribution in [0.3, 0.4) is 0 Å². The third-order valence-corrected chi connectivity index (χ3v) is 3.75. The van der Waals surface area contributed by atoms with Crippen LogP contribution in [0.4, 0.5) is 0 Å². The summed E-state index contributed by atoms with van der Waals surface area (Å²) in [5.41, 5.74) is 2.20. The van der Waals surface area contributed by atoms with Crippen molar-refractivity contribution in [3.63, 3.8) is 0 Å². The number of aryl methyl sites for hydroxylation is 1. The quantitative estimate of drug-likeness (QED) is 0.497. The van der Waals surface area contributed by atoms with Crippen molar-refractivity contribution in [3.05, 3.63) is 29.3 Å². The fourth-order valence-corrected chi connectivity index (χ4v) is 2.59. The molecule has 0 heterocycles. The van der Waals surface area contributed by atoms with Crippen molar-refractivity contribution in [2.45, 2.75) is 45.6 Å². The number of nitrogens with zero attached hydrogens (tertiary/aromatic N) is 1. The summed E-state index contributed by atoms with van der Waals surface area (Å²) in [4.78, 5) is 11.9. The maximum Gasteiger partial charge on any atom is 0.258 e. The van der Waals surface area contributed by atoms with Crippen LogP contribution >= 0.6 is 0 Å². The average Bonchev–Trinajstić information content (AvgIpc) is 2.98. The zero-order chi connectivity index (χ0) is 15.2. The van der Waals surface area contributed by atoms with Crippen LogP contribution in [-0.2, 0) is 4.79 Å². The molecule has 0 radical (unpaired) electrons. The van der Waals surface area contributed by atoms with Gasteiger partial charge < -0.3 is 15.3 Å². The molecule has 0 spiro atoms. The van der Waals surface area contributed by atoms with Gasteiger partial charge in [0.25, 0.3) is 5.91 Å². The van der Waals surface area contributed by atoms with Gasteiger partial charge in [-0.1, -0.05) is 29.6 Å². The number of amides is 1. The Morgan fingerprint density at radius 3 is 2.81 bits per heavy atom. The van der Waals surface area contributed by atoms with Crippen molar-refractivity contribution < 1.29 is 14.7 Å². The molecule has 0 saturated heterocycles. The van der Waals surface area contributed by atoms with Gasteiger partial charge in [-0.15, -0.1) is 0 Å². The second-order valence-electron chi connectivity index (χ2n) is 5.52. The first-order valence-electron chi connectivity index (χ1n) is 7.32. The van der Waals surface area contributed by atoms with Crippen LogP contribution in [0.1, 0.15) is 43.7 Å². The third kappa shape index (κ3) is 4.21. The van der Waals surface area contributed by atoms with Crippen LogP contribution in [0, 0.1) is 6.92 Å². The number of hydrogen-bond acceptors (Lipinski definition) is 4. The van der Waals surface area contributed by atoms with Gasteiger partial charge in [0.05, 0.1) is 5.71 Å². The molecule has 1 aromatic carbocycles. The number of ether oxygens (including phenoxy) is 1. The first-order chi connectivity index (χ1) is 10.1. The largest absolute Gasteiger partial charge is 0.483 e. The summed E-state index contributed by atoms with van der Waals surface area (Å²) in [6.45, 7) is 3.62. The molecule has 0 atom stereocenters. The molecule has 0 unspecified atom stereocenters. The van der Waals surface area contributed by atoms with E-state index in [2.05, 4.69) is 10.5 Å². The molecule has 0 bridgehead atoms. The lowest BCUT2D eigenvalue weighted by molar-refractivity contribution is -0.123. The molecule has 21 heavy (non-hydrogen) atoms. The van der Waals surface area contributed by atoms with Gasteiger partial charge in [0.15, 0.2) is 6.61 Å². The average molecular weight is 290 g/mol. The lowest BCUT2D eigenvalue weighted by atomic mass is 10.1. The molecule has 0 aromatic heterocycles. The molecule has 114 valence electrons. The molecule has 2 rings (SSSR count). The minimum absolute atomic E-state index is 0.0226. The minimum Gasteiger partial charge on any atom is -0.483 e. The van der Waals surface area contributed by atoms with Crippen LogP contribution in [0.25, 0.3) is 0 Å². The van der Waals surface area contributed by atoms with E-state index in [1.807, 2.05) is 19.1 Å². The maximum absolute atomic E-state index is 11.9. The molecule has 1 amide bonds. The van der Waals surface area contributed by atoms with E-state index in [9.17, 15) is 4.79 Å². The van der Waals surface area contributed by atoms with E-state index in [0.29, 0.717) is 23.1 Å². The van der Waals surface area contributed by atoms with Crippen LogP contribution < -0.4 is 10.1 Å². The molecule has 5 heteroatoms. The predicted molar refractivity (Wildman–Crippen MR) is 81.1 cm³/mol. The number of carbonyl (C=O) groups is 1. The molecule has 1 aromatic rings. The summed E-state index contributed by atoms with van der Waals surface area (Å²) >= 11 is 0. The summed E-state index contributed by atoms with van der Waals surface area (Å²) in [5.74, 6) is 0.449. The zero-order valence-electron chi connectivity index (χ0n) is 12.6. The van der Waals surface area contributed by atoms with E-state index in [0.717, 1.165) is 18.4 Å². The molecular formula is C16H22N2O3. The fraction of sp³-hybridized carbons (Fsp3) is 0.500. The molecule has 1 aliphatic rings. The van der Waals surface area contributed by atoms with E-state index in [1.54, 1.807) is 13.0 Å². The number of nitrogens with one attached hydrogen (secondary N) is 1. The Balaban J connectivity index is 1.97. The monoisotopic (exact) mass is 290 g/mol. The van der Waals surface area contributed by atoms with Crippen molar-refractivity contribution in [2.75, 3.05) is 6.61 Å². The molecule has 1 saturated carbocycles. The maximum atomic E-state index is 11.9. The van der Waals surface area contributed by atoms with E-state index in [4.69, 9.17) is 9.94 Å². The highest BCUT2D eigenvalue weighted by Crippen LogP contribution is 2.21. The topological polar surface area (TPSA) is 70.9 Å². The second kappa shape index (κ2) is 7.11. The summed E-state index contributed by atoms with van der Waals surface area (Å²) in [6.07, 6.45) is 4.47. The highest BCUT2D eigenvalue weighted by atomic mass is 16.5. The lowest BCUT2D eigenvalue weighted by Gasteiger charge is -2.14. The summed E-state index contributed by atoms with van der Waals surface area (Å²) < 4.78 is 5.58. The van der Waals surface area contributed by atoms with Crippen molar-refractivity contribution in [3.8, 4) is 5.75 Å². The van der Waals surface area contributed by atoms with Gasteiger partial charge in [0.1, 0.15) is 5.75 Å². The molecule has 5 nitrogen and oxygen atoms in total. The molecule has 2 N–H and O–H groups in total. The SMILES string of the molecule is C/C(=N\O)c1cc(C)ccc1OCC(=O)NC1CCCC1.